The summed E-state index contributed by atoms with van der Waals surface area (Å²) in [5.74, 6) is 0.708. The molecule has 0 bridgehead atoms. The van der Waals surface area contributed by atoms with Gasteiger partial charge in [-0.15, -0.1) is 0 Å². The molecule has 29 heavy (non-hydrogen) atoms. The maximum Gasteiger partial charge on any atom is 0.256 e. The minimum atomic E-state index is -0.0639. The van der Waals surface area contributed by atoms with E-state index in [0.717, 1.165) is 30.2 Å². The molecule has 0 unspecified atom stereocenters. The molecule has 1 N–H and O–H groups in total. The average Bonchev–Trinajstić information content (AvgIpc) is 3.46. The van der Waals surface area contributed by atoms with Crippen LogP contribution < -0.4 is 5.32 Å². The van der Waals surface area contributed by atoms with Gasteiger partial charge < -0.3 is 14.8 Å². The highest BCUT2D eigenvalue weighted by Crippen LogP contribution is 2.23. The van der Waals surface area contributed by atoms with Crippen molar-refractivity contribution in [3.63, 3.8) is 0 Å². The van der Waals surface area contributed by atoms with Crippen LogP contribution in [0.4, 0.5) is 0 Å². The van der Waals surface area contributed by atoms with Gasteiger partial charge in [0.05, 0.1) is 11.4 Å². The summed E-state index contributed by atoms with van der Waals surface area (Å²) in [5.41, 5.74) is 3.49. The lowest BCUT2D eigenvalue weighted by Gasteiger charge is -2.15. The molecule has 0 spiro atoms. The third-order valence-electron chi connectivity index (χ3n) is 5.53. The van der Waals surface area contributed by atoms with Crippen LogP contribution in [0.3, 0.4) is 0 Å². The second-order valence-corrected chi connectivity index (χ2v) is 7.78. The molecule has 1 aliphatic heterocycles. The van der Waals surface area contributed by atoms with Gasteiger partial charge in [-0.2, -0.15) is 5.10 Å². The first-order valence-corrected chi connectivity index (χ1v) is 10.4. The highest BCUT2D eigenvalue weighted by atomic mass is 16.1. The maximum atomic E-state index is 13.1. The standard InChI is InChI=1S/C23H29N5O/c1-18-8-10-20(11-9-18)28-23(27-16-5-6-17-27)21(19(2)25-28)22(29)24-12-7-15-26-13-3-4-14-26/h5-6,8-11,16-17H,3-4,7,12-15H2,1-2H3,(H,24,29). The van der Waals surface area contributed by atoms with E-state index in [9.17, 15) is 4.79 Å². The predicted molar refractivity (Wildman–Crippen MR) is 115 cm³/mol. The molecule has 3 aromatic rings. The monoisotopic (exact) mass is 391 g/mol. The molecular weight excluding hydrogens is 362 g/mol. The van der Waals surface area contributed by atoms with Gasteiger partial charge in [-0.3, -0.25) is 4.79 Å². The van der Waals surface area contributed by atoms with Crippen molar-refractivity contribution in [3.8, 4) is 11.5 Å². The summed E-state index contributed by atoms with van der Waals surface area (Å²) in [6.45, 7) is 8.06. The van der Waals surface area contributed by atoms with Crippen molar-refractivity contribution in [2.24, 2.45) is 0 Å². The molecule has 4 rings (SSSR count). The molecule has 1 aromatic carbocycles. The number of hydrogen-bond acceptors (Lipinski definition) is 3. The minimum Gasteiger partial charge on any atom is -0.352 e. The fourth-order valence-corrected chi connectivity index (χ4v) is 3.96. The van der Waals surface area contributed by atoms with E-state index in [1.807, 2.05) is 52.8 Å². The number of amides is 1. The molecule has 6 heteroatoms. The lowest BCUT2D eigenvalue weighted by Crippen LogP contribution is -2.29. The molecule has 6 nitrogen and oxygen atoms in total. The Kier molecular flexibility index (Phi) is 5.81. The van der Waals surface area contributed by atoms with E-state index in [2.05, 4.69) is 29.3 Å². The molecule has 152 valence electrons. The number of likely N-dealkylation sites (tertiary alicyclic amines) is 1. The summed E-state index contributed by atoms with van der Waals surface area (Å²) in [6.07, 6.45) is 7.46. The maximum absolute atomic E-state index is 13.1. The molecule has 1 saturated heterocycles. The number of aromatic nitrogens is 3. The van der Waals surface area contributed by atoms with Crippen molar-refractivity contribution in [3.05, 3.63) is 65.6 Å². The van der Waals surface area contributed by atoms with Crippen LogP contribution in [-0.4, -0.2) is 51.3 Å². The number of carbonyl (C=O) groups excluding carboxylic acids is 1. The second kappa shape index (κ2) is 8.66. The summed E-state index contributed by atoms with van der Waals surface area (Å²) in [5, 5.41) is 7.81. The van der Waals surface area contributed by atoms with Crippen LogP contribution in [0.15, 0.2) is 48.8 Å². The van der Waals surface area contributed by atoms with Gasteiger partial charge >= 0.3 is 0 Å². The Bertz CT molecular complexity index is 950. The van der Waals surface area contributed by atoms with Crippen LogP contribution >= 0.6 is 0 Å². The summed E-state index contributed by atoms with van der Waals surface area (Å²) in [4.78, 5) is 15.6. The Morgan fingerprint density at radius 3 is 2.45 bits per heavy atom. The minimum absolute atomic E-state index is 0.0639. The summed E-state index contributed by atoms with van der Waals surface area (Å²) >= 11 is 0. The van der Waals surface area contributed by atoms with E-state index >= 15 is 0 Å². The van der Waals surface area contributed by atoms with E-state index in [4.69, 9.17) is 5.10 Å². The molecule has 0 saturated carbocycles. The molecule has 1 aliphatic rings. The molecule has 1 amide bonds. The second-order valence-electron chi connectivity index (χ2n) is 7.78. The topological polar surface area (TPSA) is 55.1 Å². The first-order chi connectivity index (χ1) is 14.1. The van der Waals surface area contributed by atoms with Crippen LogP contribution in [0, 0.1) is 13.8 Å². The molecule has 0 atom stereocenters. The summed E-state index contributed by atoms with van der Waals surface area (Å²) in [7, 11) is 0. The van der Waals surface area contributed by atoms with Crippen molar-refractivity contribution in [2.75, 3.05) is 26.2 Å². The molecular formula is C23H29N5O. The SMILES string of the molecule is Cc1ccc(-n2nc(C)c(C(=O)NCCCN3CCCC3)c2-n2cccc2)cc1. The normalized spacial score (nSPS) is 14.4. The fraction of sp³-hybridized carbons (Fsp3) is 0.391. The predicted octanol–water partition coefficient (Wildman–Crippen LogP) is 3.50. The van der Waals surface area contributed by atoms with Gasteiger partial charge in [0.15, 0.2) is 5.82 Å². The van der Waals surface area contributed by atoms with Crippen LogP contribution in [0.2, 0.25) is 0 Å². The van der Waals surface area contributed by atoms with Gasteiger partial charge in [-0.1, -0.05) is 17.7 Å². The Balaban J connectivity index is 1.57. The zero-order valence-electron chi connectivity index (χ0n) is 17.3. The third kappa shape index (κ3) is 4.27. The fourth-order valence-electron chi connectivity index (χ4n) is 3.96. The summed E-state index contributed by atoms with van der Waals surface area (Å²) < 4.78 is 3.81. The number of benzene rings is 1. The van der Waals surface area contributed by atoms with Crippen LogP contribution in [0.1, 0.15) is 40.9 Å². The van der Waals surface area contributed by atoms with Gasteiger partial charge in [0, 0.05) is 18.9 Å². The van der Waals surface area contributed by atoms with E-state index < -0.39 is 0 Å². The Hall–Kier alpha value is -2.86. The first kappa shape index (κ1) is 19.5. The zero-order valence-corrected chi connectivity index (χ0v) is 17.3. The highest BCUT2D eigenvalue weighted by molar-refractivity contribution is 5.98. The van der Waals surface area contributed by atoms with Gasteiger partial charge in [0.25, 0.3) is 5.91 Å². The number of hydrogen-bond donors (Lipinski definition) is 1. The molecule has 0 aliphatic carbocycles. The number of nitrogens with one attached hydrogen (secondary N) is 1. The van der Waals surface area contributed by atoms with Crippen LogP contribution in [0.25, 0.3) is 11.5 Å². The van der Waals surface area contributed by atoms with Gasteiger partial charge in [-0.05, 0) is 77.0 Å². The lowest BCUT2D eigenvalue weighted by atomic mass is 10.2. The first-order valence-electron chi connectivity index (χ1n) is 10.4. The van der Waals surface area contributed by atoms with Crippen molar-refractivity contribution in [2.45, 2.75) is 33.1 Å². The highest BCUT2D eigenvalue weighted by Gasteiger charge is 2.23. The van der Waals surface area contributed by atoms with E-state index in [1.165, 1.54) is 31.5 Å². The Labute approximate surface area is 172 Å². The molecule has 1 fully saturated rings. The van der Waals surface area contributed by atoms with Crippen molar-refractivity contribution in [1.29, 1.82) is 0 Å². The lowest BCUT2D eigenvalue weighted by molar-refractivity contribution is 0.0951. The molecule has 0 radical (unpaired) electrons. The van der Waals surface area contributed by atoms with Crippen molar-refractivity contribution >= 4 is 5.91 Å². The van der Waals surface area contributed by atoms with E-state index in [-0.39, 0.29) is 5.91 Å². The number of rotatable bonds is 7. The zero-order chi connectivity index (χ0) is 20.2. The molecule has 2 aromatic heterocycles. The Morgan fingerprint density at radius 1 is 1.07 bits per heavy atom. The largest absolute Gasteiger partial charge is 0.352 e. The average molecular weight is 392 g/mol. The van der Waals surface area contributed by atoms with Crippen LogP contribution in [0.5, 0.6) is 0 Å². The Morgan fingerprint density at radius 2 is 1.76 bits per heavy atom. The van der Waals surface area contributed by atoms with Crippen LogP contribution in [-0.2, 0) is 0 Å². The van der Waals surface area contributed by atoms with Crippen molar-refractivity contribution in [1.82, 2.24) is 24.6 Å². The third-order valence-corrected chi connectivity index (χ3v) is 5.53. The smallest absolute Gasteiger partial charge is 0.256 e. The molecule has 3 heterocycles. The van der Waals surface area contributed by atoms with E-state index in [0.29, 0.717) is 12.1 Å². The number of carbonyl (C=O) groups is 1. The van der Waals surface area contributed by atoms with Crippen molar-refractivity contribution < 1.29 is 4.79 Å². The quantitative estimate of drug-likeness (QED) is 0.627. The number of nitrogens with zero attached hydrogens (tertiary/aromatic N) is 4. The number of aryl methyl sites for hydroxylation is 2. The van der Waals surface area contributed by atoms with Gasteiger partial charge in [-0.25, -0.2) is 4.68 Å². The van der Waals surface area contributed by atoms with Gasteiger partial charge in [0.2, 0.25) is 0 Å². The van der Waals surface area contributed by atoms with E-state index in [1.54, 1.807) is 0 Å². The van der Waals surface area contributed by atoms with Gasteiger partial charge in [0.1, 0.15) is 5.56 Å². The summed E-state index contributed by atoms with van der Waals surface area (Å²) in [6, 6.07) is 12.1.